The van der Waals surface area contributed by atoms with Crippen LogP contribution in [0.5, 0.6) is 0 Å². The summed E-state index contributed by atoms with van der Waals surface area (Å²) in [7, 11) is 0. The Labute approximate surface area is 74.8 Å². The molecule has 3 N–H and O–H groups in total. The molecule has 0 aliphatic heterocycles. The summed E-state index contributed by atoms with van der Waals surface area (Å²) in [5, 5.41) is 14.1. The van der Waals surface area contributed by atoms with Gasteiger partial charge in [-0.2, -0.15) is 0 Å². The minimum atomic E-state index is -0.154. The third kappa shape index (κ3) is 1.68. The number of aromatic nitrogens is 2. The first-order valence-corrected chi connectivity index (χ1v) is 3.82. The summed E-state index contributed by atoms with van der Waals surface area (Å²) < 4.78 is 0.495. The zero-order valence-electron chi connectivity index (χ0n) is 6.54. The van der Waals surface area contributed by atoms with E-state index in [9.17, 15) is 5.21 Å². The third-order valence-electron chi connectivity index (χ3n) is 1.26. The quantitative estimate of drug-likeness (QED) is 0.400. The van der Waals surface area contributed by atoms with Gasteiger partial charge in [-0.05, 0) is 18.5 Å². The van der Waals surface area contributed by atoms with Gasteiger partial charge in [0.05, 0.1) is 6.07 Å². The standard InChI is InChI=1S/C6H9ClN4O/c1-2-9-5-3-4(7)10-6(8)11(5)12/h3,9H,2H2,1H3,(H2,8,10). The maximum atomic E-state index is 11.1. The van der Waals surface area contributed by atoms with Crippen molar-refractivity contribution in [1.82, 2.24) is 4.98 Å². The van der Waals surface area contributed by atoms with Gasteiger partial charge >= 0.3 is 5.95 Å². The SMILES string of the molecule is CCNc1cc(Cl)nc(N)[n+]1[O-]. The molecule has 0 aliphatic carbocycles. The molecule has 1 rings (SSSR count). The van der Waals surface area contributed by atoms with Crippen molar-refractivity contribution in [2.75, 3.05) is 17.6 Å². The predicted molar refractivity (Wildman–Crippen MR) is 46.8 cm³/mol. The van der Waals surface area contributed by atoms with E-state index in [-0.39, 0.29) is 11.1 Å². The fourth-order valence-corrected chi connectivity index (χ4v) is 0.976. The number of hydrogen-bond donors (Lipinski definition) is 2. The van der Waals surface area contributed by atoms with E-state index in [2.05, 4.69) is 10.3 Å². The largest absolute Gasteiger partial charge is 0.754 e. The Morgan fingerprint density at radius 2 is 2.50 bits per heavy atom. The zero-order valence-corrected chi connectivity index (χ0v) is 7.30. The number of nitrogens with zero attached hydrogens (tertiary/aromatic N) is 2. The van der Waals surface area contributed by atoms with Gasteiger partial charge in [-0.1, -0.05) is 4.98 Å². The Morgan fingerprint density at radius 3 is 3.08 bits per heavy atom. The average Bonchev–Trinajstić information content (AvgIpc) is 2.00. The van der Waals surface area contributed by atoms with Gasteiger partial charge in [-0.3, -0.25) is 0 Å². The van der Waals surface area contributed by atoms with Gasteiger partial charge in [0.1, 0.15) is 0 Å². The zero-order chi connectivity index (χ0) is 9.14. The molecule has 0 spiro atoms. The minimum Gasteiger partial charge on any atom is -0.754 e. The summed E-state index contributed by atoms with van der Waals surface area (Å²) in [6, 6.07) is 1.43. The monoisotopic (exact) mass is 188 g/mol. The van der Waals surface area contributed by atoms with E-state index in [1.807, 2.05) is 6.92 Å². The van der Waals surface area contributed by atoms with Crippen molar-refractivity contribution in [1.29, 1.82) is 0 Å². The predicted octanol–water partition coefficient (Wildman–Crippen LogP) is 0.382. The van der Waals surface area contributed by atoms with Crippen LogP contribution < -0.4 is 15.8 Å². The van der Waals surface area contributed by atoms with E-state index < -0.39 is 0 Å². The van der Waals surface area contributed by atoms with Crippen LogP contribution in [0.4, 0.5) is 11.8 Å². The highest BCUT2D eigenvalue weighted by Gasteiger charge is 2.06. The summed E-state index contributed by atoms with van der Waals surface area (Å²) in [6.45, 7) is 2.49. The third-order valence-corrected chi connectivity index (χ3v) is 1.46. The summed E-state index contributed by atoms with van der Waals surface area (Å²) in [6.07, 6.45) is 0. The molecule has 1 aromatic heterocycles. The number of rotatable bonds is 2. The highest BCUT2D eigenvalue weighted by atomic mass is 35.5. The number of nitrogens with one attached hydrogen (secondary N) is 1. The van der Waals surface area contributed by atoms with E-state index in [0.29, 0.717) is 17.1 Å². The average molecular weight is 189 g/mol. The number of nitrogen functional groups attached to an aromatic ring is 1. The lowest BCUT2D eigenvalue weighted by Gasteiger charge is -2.11. The molecule has 66 valence electrons. The molecule has 5 nitrogen and oxygen atoms in total. The van der Waals surface area contributed by atoms with E-state index >= 15 is 0 Å². The second-order valence-electron chi connectivity index (χ2n) is 2.15. The van der Waals surface area contributed by atoms with Crippen molar-refractivity contribution in [3.63, 3.8) is 0 Å². The minimum absolute atomic E-state index is 0.154. The van der Waals surface area contributed by atoms with Gasteiger partial charge in [0.2, 0.25) is 0 Å². The lowest BCUT2D eigenvalue weighted by Crippen LogP contribution is -2.35. The molecule has 0 aliphatic rings. The van der Waals surface area contributed by atoms with E-state index in [1.54, 1.807) is 0 Å². The van der Waals surface area contributed by atoms with E-state index in [1.165, 1.54) is 6.07 Å². The Morgan fingerprint density at radius 1 is 1.83 bits per heavy atom. The Kier molecular flexibility index (Phi) is 2.54. The van der Waals surface area contributed by atoms with Crippen LogP contribution in [0.1, 0.15) is 6.92 Å². The number of halogens is 1. The van der Waals surface area contributed by atoms with Crippen LogP contribution in [-0.2, 0) is 0 Å². The first-order chi connectivity index (χ1) is 5.65. The van der Waals surface area contributed by atoms with Crippen molar-refractivity contribution in [3.8, 4) is 0 Å². The summed E-state index contributed by atoms with van der Waals surface area (Å²) in [5.41, 5.74) is 5.27. The molecule has 0 radical (unpaired) electrons. The van der Waals surface area contributed by atoms with Gasteiger partial charge in [0, 0.05) is 6.54 Å². The molecule has 0 aromatic carbocycles. The van der Waals surface area contributed by atoms with Crippen LogP contribution in [0.2, 0.25) is 5.15 Å². The van der Waals surface area contributed by atoms with Gasteiger partial charge < -0.3 is 16.3 Å². The first kappa shape index (κ1) is 8.86. The number of nitrogens with two attached hydrogens (primary N) is 1. The lowest BCUT2D eigenvalue weighted by molar-refractivity contribution is -0.577. The van der Waals surface area contributed by atoms with Crippen LogP contribution >= 0.6 is 11.6 Å². The molecule has 0 saturated carbocycles. The van der Waals surface area contributed by atoms with Crippen molar-refractivity contribution in [2.45, 2.75) is 6.92 Å². The smallest absolute Gasteiger partial charge is 0.345 e. The number of anilines is 2. The van der Waals surface area contributed by atoms with Crippen molar-refractivity contribution >= 4 is 23.4 Å². The summed E-state index contributed by atoms with van der Waals surface area (Å²) in [5.74, 6) is 0.161. The van der Waals surface area contributed by atoms with Crippen LogP contribution in [0.3, 0.4) is 0 Å². The molecule has 0 saturated heterocycles. The normalized spacial score (nSPS) is 9.83. The van der Waals surface area contributed by atoms with Gasteiger partial charge in [0.15, 0.2) is 11.0 Å². The topological polar surface area (TPSA) is 77.9 Å². The molecule has 12 heavy (non-hydrogen) atoms. The van der Waals surface area contributed by atoms with Crippen molar-refractivity contribution < 1.29 is 4.73 Å². The maximum Gasteiger partial charge on any atom is 0.345 e. The van der Waals surface area contributed by atoms with Crippen LogP contribution in [0, 0.1) is 5.21 Å². The molecule has 1 heterocycles. The lowest BCUT2D eigenvalue weighted by atomic mass is 10.5. The second kappa shape index (κ2) is 3.44. The van der Waals surface area contributed by atoms with Gasteiger partial charge in [-0.25, -0.2) is 4.73 Å². The van der Waals surface area contributed by atoms with Crippen LogP contribution in [0.15, 0.2) is 6.07 Å². The van der Waals surface area contributed by atoms with E-state index in [4.69, 9.17) is 17.3 Å². The Balaban J connectivity index is 3.09. The van der Waals surface area contributed by atoms with Gasteiger partial charge in [-0.15, -0.1) is 0 Å². The molecule has 0 amide bonds. The molecule has 1 aromatic rings. The van der Waals surface area contributed by atoms with E-state index in [0.717, 1.165) is 0 Å². The van der Waals surface area contributed by atoms with Crippen molar-refractivity contribution in [3.05, 3.63) is 16.4 Å². The molecule has 6 heteroatoms. The second-order valence-corrected chi connectivity index (χ2v) is 2.53. The fourth-order valence-electron chi connectivity index (χ4n) is 0.786. The maximum absolute atomic E-state index is 11.1. The Bertz CT molecular complexity index is 291. The molecular weight excluding hydrogens is 180 g/mol. The van der Waals surface area contributed by atoms with Crippen LogP contribution in [-0.4, -0.2) is 11.5 Å². The van der Waals surface area contributed by atoms with Gasteiger partial charge in [0.25, 0.3) is 0 Å². The molecule has 0 unspecified atom stereocenters. The summed E-state index contributed by atoms with van der Waals surface area (Å²) in [4.78, 5) is 3.57. The highest BCUT2D eigenvalue weighted by molar-refractivity contribution is 6.29. The fraction of sp³-hybridized carbons (Fsp3) is 0.333. The first-order valence-electron chi connectivity index (χ1n) is 3.44. The highest BCUT2D eigenvalue weighted by Crippen LogP contribution is 2.09. The van der Waals surface area contributed by atoms with Crippen LogP contribution in [0.25, 0.3) is 0 Å². The summed E-state index contributed by atoms with van der Waals surface area (Å²) >= 11 is 5.57. The molecule has 0 bridgehead atoms. The number of hydrogen-bond acceptors (Lipinski definition) is 4. The molecular formula is C6H9ClN4O. The molecule has 0 atom stereocenters. The molecule has 0 fully saturated rings. The van der Waals surface area contributed by atoms with Crippen molar-refractivity contribution in [2.24, 2.45) is 0 Å². The Hall–Kier alpha value is -1.23.